The smallest absolute Gasteiger partial charge is 0.226 e. The topological polar surface area (TPSA) is 66.8 Å². The Hall–Kier alpha value is -3.00. The highest BCUT2D eigenvalue weighted by Gasteiger charge is 2.10. The molecule has 0 bridgehead atoms. The summed E-state index contributed by atoms with van der Waals surface area (Å²) in [4.78, 5) is 4.45. The second kappa shape index (κ2) is 6.25. The summed E-state index contributed by atoms with van der Waals surface area (Å²) in [5.74, 6) is 1.48. The maximum atomic E-state index is 9.12. The van der Waals surface area contributed by atoms with Crippen molar-refractivity contribution >= 4 is 5.69 Å². The third-order valence-electron chi connectivity index (χ3n) is 4.38. The molecule has 0 atom stereocenters. The van der Waals surface area contributed by atoms with E-state index in [0.29, 0.717) is 18.1 Å². The van der Waals surface area contributed by atoms with Gasteiger partial charge in [0, 0.05) is 30.5 Å². The molecule has 0 saturated carbocycles. The first-order valence-electron chi connectivity index (χ1n) is 7.83. The number of benzene rings is 1. The monoisotopic (exact) mass is 320 g/mol. The number of nitrogens with one attached hydrogen (secondary N) is 1. The Balaban J connectivity index is 1.79. The molecular formula is C19H20N4O. The highest BCUT2D eigenvalue weighted by Crippen LogP contribution is 2.24. The molecule has 3 rings (SSSR count). The molecule has 0 aliphatic carbocycles. The molecule has 24 heavy (non-hydrogen) atoms. The Morgan fingerprint density at radius 3 is 2.67 bits per heavy atom. The normalized spacial score (nSPS) is 10.6. The van der Waals surface area contributed by atoms with Gasteiger partial charge in [-0.3, -0.25) is 0 Å². The van der Waals surface area contributed by atoms with Gasteiger partial charge in [-0.05, 0) is 50.6 Å². The summed E-state index contributed by atoms with van der Waals surface area (Å²) in [6.45, 7) is 6.54. The van der Waals surface area contributed by atoms with E-state index in [1.54, 1.807) is 0 Å². The highest BCUT2D eigenvalue weighted by molar-refractivity contribution is 5.61. The van der Waals surface area contributed by atoms with Gasteiger partial charge in [0.1, 0.15) is 17.5 Å². The maximum Gasteiger partial charge on any atom is 0.226 e. The van der Waals surface area contributed by atoms with Crippen molar-refractivity contribution in [1.82, 2.24) is 9.55 Å². The van der Waals surface area contributed by atoms with E-state index in [4.69, 9.17) is 9.68 Å². The van der Waals surface area contributed by atoms with Gasteiger partial charge in [0.2, 0.25) is 5.89 Å². The molecule has 2 aromatic heterocycles. The number of oxazole rings is 1. The Labute approximate surface area is 141 Å². The second-order valence-corrected chi connectivity index (χ2v) is 5.91. The zero-order chi connectivity index (χ0) is 17.3. The van der Waals surface area contributed by atoms with E-state index in [2.05, 4.69) is 16.4 Å². The van der Waals surface area contributed by atoms with E-state index in [1.807, 2.05) is 62.7 Å². The molecule has 0 amide bonds. The van der Waals surface area contributed by atoms with Crippen LogP contribution in [-0.4, -0.2) is 9.55 Å². The molecular weight excluding hydrogens is 300 g/mol. The van der Waals surface area contributed by atoms with Crippen molar-refractivity contribution in [1.29, 1.82) is 5.26 Å². The van der Waals surface area contributed by atoms with Crippen molar-refractivity contribution in [2.75, 3.05) is 5.32 Å². The van der Waals surface area contributed by atoms with Gasteiger partial charge in [-0.1, -0.05) is 6.07 Å². The van der Waals surface area contributed by atoms with Gasteiger partial charge in [0.25, 0.3) is 0 Å². The number of hydrogen-bond donors (Lipinski definition) is 1. The van der Waals surface area contributed by atoms with E-state index in [1.165, 1.54) is 0 Å². The van der Waals surface area contributed by atoms with Gasteiger partial charge in [0.15, 0.2) is 0 Å². The van der Waals surface area contributed by atoms with Crippen LogP contribution in [0.15, 0.2) is 34.7 Å². The van der Waals surface area contributed by atoms with Crippen LogP contribution in [0.3, 0.4) is 0 Å². The molecule has 3 aromatic rings. The fourth-order valence-corrected chi connectivity index (χ4v) is 2.60. The van der Waals surface area contributed by atoms with Crippen molar-refractivity contribution in [3.63, 3.8) is 0 Å². The third-order valence-corrected chi connectivity index (χ3v) is 4.38. The Morgan fingerprint density at radius 1 is 1.25 bits per heavy atom. The highest BCUT2D eigenvalue weighted by atomic mass is 16.4. The molecule has 5 nitrogen and oxygen atoms in total. The van der Waals surface area contributed by atoms with Gasteiger partial charge in [0.05, 0.1) is 5.69 Å². The van der Waals surface area contributed by atoms with Crippen molar-refractivity contribution in [2.45, 2.75) is 27.3 Å². The van der Waals surface area contributed by atoms with Gasteiger partial charge in [-0.25, -0.2) is 4.98 Å². The summed E-state index contributed by atoms with van der Waals surface area (Å²) in [6.07, 6.45) is 0. The average molecular weight is 320 g/mol. The molecule has 2 heterocycles. The number of aromatic nitrogens is 2. The number of hydrogen-bond acceptors (Lipinski definition) is 4. The third kappa shape index (κ3) is 2.91. The van der Waals surface area contributed by atoms with Crippen LogP contribution < -0.4 is 5.32 Å². The van der Waals surface area contributed by atoms with E-state index in [9.17, 15) is 0 Å². The summed E-state index contributed by atoms with van der Waals surface area (Å²) in [6, 6.07) is 12.1. The quantitative estimate of drug-likeness (QED) is 0.786. The van der Waals surface area contributed by atoms with E-state index < -0.39 is 0 Å². The number of rotatable bonds is 4. The van der Waals surface area contributed by atoms with Crippen molar-refractivity contribution in [3.8, 4) is 17.5 Å². The molecule has 122 valence electrons. The van der Waals surface area contributed by atoms with Crippen LogP contribution >= 0.6 is 0 Å². The first-order valence-corrected chi connectivity index (χ1v) is 7.83. The molecule has 0 saturated heterocycles. The van der Waals surface area contributed by atoms with Gasteiger partial charge in [-0.2, -0.15) is 5.26 Å². The molecule has 0 fully saturated rings. The Kier molecular flexibility index (Phi) is 4.13. The zero-order valence-corrected chi connectivity index (χ0v) is 14.3. The van der Waals surface area contributed by atoms with Gasteiger partial charge in [-0.15, -0.1) is 0 Å². The molecule has 0 aliphatic rings. The van der Waals surface area contributed by atoms with Crippen LogP contribution in [0, 0.1) is 32.1 Å². The van der Waals surface area contributed by atoms with Crippen LogP contribution in [0.4, 0.5) is 5.69 Å². The van der Waals surface area contributed by atoms with Crippen LogP contribution in [0.25, 0.3) is 11.5 Å². The molecule has 0 aliphatic heterocycles. The maximum absolute atomic E-state index is 9.12. The average Bonchev–Trinajstić information content (AvgIpc) is 3.06. The van der Waals surface area contributed by atoms with E-state index >= 15 is 0 Å². The van der Waals surface area contributed by atoms with Crippen molar-refractivity contribution in [2.24, 2.45) is 7.05 Å². The van der Waals surface area contributed by atoms with Crippen molar-refractivity contribution in [3.05, 3.63) is 58.7 Å². The molecule has 0 radical (unpaired) electrons. The van der Waals surface area contributed by atoms with Crippen molar-refractivity contribution < 1.29 is 4.42 Å². The summed E-state index contributed by atoms with van der Waals surface area (Å²) in [5.41, 5.74) is 5.72. The summed E-state index contributed by atoms with van der Waals surface area (Å²) in [7, 11) is 1.91. The molecule has 1 aromatic carbocycles. The fraction of sp³-hybridized carbons (Fsp3) is 0.263. The molecule has 0 spiro atoms. The largest absolute Gasteiger partial charge is 0.441 e. The first-order chi connectivity index (χ1) is 11.5. The van der Waals surface area contributed by atoms with Gasteiger partial charge < -0.3 is 14.3 Å². The van der Waals surface area contributed by atoms with Crippen LogP contribution in [0.2, 0.25) is 0 Å². The lowest BCUT2D eigenvalue weighted by atomic mass is 10.2. The summed E-state index contributed by atoms with van der Waals surface area (Å²) >= 11 is 0. The molecule has 5 heteroatoms. The minimum absolute atomic E-state index is 0.635. The number of nitriles is 1. The molecule has 0 unspecified atom stereocenters. The number of anilines is 1. The van der Waals surface area contributed by atoms with Crippen LogP contribution in [0.5, 0.6) is 0 Å². The second-order valence-electron chi connectivity index (χ2n) is 5.91. The van der Waals surface area contributed by atoms with E-state index in [0.717, 1.165) is 34.0 Å². The van der Waals surface area contributed by atoms with Crippen LogP contribution in [-0.2, 0) is 13.6 Å². The Morgan fingerprint density at radius 2 is 2.04 bits per heavy atom. The number of aryl methyl sites for hydroxylation is 2. The minimum Gasteiger partial charge on any atom is -0.441 e. The lowest BCUT2D eigenvalue weighted by molar-refractivity contribution is 0.541. The fourth-order valence-electron chi connectivity index (χ4n) is 2.60. The van der Waals surface area contributed by atoms with Crippen LogP contribution in [0.1, 0.15) is 28.4 Å². The zero-order valence-electron chi connectivity index (χ0n) is 14.3. The van der Waals surface area contributed by atoms with E-state index in [-0.39, 0.29) is 0 Å². The predicted octanol–water partition coefficient (Wildman–Crippen LogP) is 4.09. The lowest BCUT2D eigenvalue weighted by Gasteiger charge is -2.08. The predicted molar refractivity (Wildman–Crippen MR) is 93.6 cm³/mol. The minimum atomic E-state index is 0.635. The molecule has 1 N–H and O–H groups in total. The van der Waals surface area contributed by atoms with Gasteiger partial charge >= 0.3 is 0 Å². The SMILES string of the molecule is Cc1nc(-c2cccc(NCc3cc(C#N)n(C)c3C)c2)oc1C. The summed E-state index contributed by atoms with van der Waals surface area (Å²) < 4.78 is 7.60. The first kappa shape index (κ1) is 15.9. The summed E-state index contributed by atoms with van der Waals surface area (Å²) in [5, 5.41) is 12.5. The Bertz CT molecular complexity index is 908. The number of nitrogens with zero attached hydrogens (tertiary/aromatic N) is 3. The lowest BCUT2D eigenvalue weighted by Crippen LogP contribution is -2.01. The standard InChI is InChI=1S/C19H20N4O/c1-12-14(3)24-19(22-12)15-6-5-7-17(8-15)21-11-16-9-18(10-20)23(4)13(16)2/h5-9,21H,11H2,1-4H3.